The van der Waals surface area contributed by atoms with Gasteiger partial charge in [-0.15, -0.1) is 0 Å². The fourth-order valence-electron chi connectivity index (χ4n) is 2.60. The highest BCUT2D eigenvalue weighted by Gasteiger charge is 2.36. The average Bonchev–Trinajstić information content (AvgIpc) is 2.68. The van der Waals surface area contributed by atoms with Gasteiger partial charge in [0.15, 0.2) is 0 Å². The van der Waals surface area contributed by atoms with Gasteiger partial charge in [0.2, 0.25) is 5.91 Å². The van der Waals surface area contributed by atoms with E-state index < -0.39 is 29.4 Å². The molecule has 0 saturated heterocycles. The number of phenols is 1. The molecule has 0 aliphatic rings. The van der Waals surface area contributed by atoms with Crippen molar-refractivity contribution in [2.75, 3.05) is 5.32 Å². The molecule has 1 amide bonds. The van der Waals surface area contributed by atoms with Crippen LogP contribution in [-0.4, -0.2) is 11.0 Å². The van der Waals surface area contributed by atoms with E-state index in [2.05, 4.69) is 5.32 Å². The Morgan fingerprint density at radius 2 is 1.44 bits per heavy atom. The van der Waals surface area contributed by atoms with E-state index in [9.17, 15) is 36.2 Å². The molecule has 3 nitrogen and oxygen atoms in total. The summed E-state index contributed by atoms with van der Waals surface area (Å²) in [7, 11) is 0. The first-order valence-electron chi connectivity index (χ1n) is 9.19. The molecule has 0 fully saturated rings. The lowest BCUT2D eigenvalue weighted by atomic mass is 9.99. The molecule has 0 spiro atoms. The molecule has 0 aromatic heterocycles. The van der Waals surface area contributed by atoms with Crippen LogP contribution >= 0.6 is 0 Å². The van der Waals surface area contributed by atoms with Crippen LogP contribution in [0.25, 0.3) is 5.57 Å². The highest BCUT2D eigenvalue weighted by atomic mass is 19.4. The van der Waals surface area contributed by atoms with Gasteiger partial charge in [-0.3, -0.25) is 4.79 Å². The fraction of sp³-hybridized carbons (Fsp3) is 0.174. The van der Waals surface area contributed by atoms with E-state index >= 15 is 0 Å². The third kappa shape index (κ3) is 7.33. The lowest BCUT2D eigenvalue weighted by molar-refractivity contribution is -0.143. The minimum Gasteiger partial charge on any atom is -0.508 e. The Balaban J connectivity index is 2.19. The number of carbonyl (C=O) groups is 1. The van der Waals surface area contributed by atoms with E-state index in [0.717, 1.165) is 0 Å². The SMILES string of the molecule is CC(/C=C/C=C(\C)c1cc(C(F)(F)F)cc(C(F)(F)F)c1)=C\C(=O)Nc1ccc(O)cc1. The Morgan fingerprint density at radius 1 is 0.906 bits per heavy atom. The van der Waals surface area contributed by atoms with Crippen molar-refractivity contribution in [1.82, 2.24) is 0 Å². The molecule has 0 aliphatic carbocycles. The molecule has 2 rings (SSSR count). The van der Waals surface area contributed by atoms with Gasteiger partial charge >= 0.3 is 12.4 Å². The predicted octanol–water partition coefficient (Wildman–Crippen LogP) is 6.97. The zero-order valence-corrected chi connectivity index (χ0v) is 17.0. The Labute approximate surface area is 180 Å². The van der Waals surface area contributed by atoms with Crippen LogP contribution in [0.5, 0.6) is 5.75 Å². The molecule has 170 valence electrons. The maximum atomic E-state index is 13.0. The van der Waals surface area contributed by atoms with Crippen LogP contribution in [0.4, 0.5) is 32.0 Å². The number of benzene rings is 2. The summed E-state index contributed by atoms with van der Waals surface area (Å²) in [5, 5.41) is 11.8. The molecular formula is C23H19F6NO2. The summed E-state index contributed by atoms with van der Waals surface area (Å²) in [4.78, 5) is 12.0. The van der Waals surface area contributed by atoms with Crippen molar-refractivity contribution in [3.8, 4) is 5.75 Å². The number of anilines is 1. The van der Waals surface area contributed by atoms with Crippen LogP contribution < -0.4 is 5.32 Å². The molecule has 2 aromatic rings. The van der Waals surface area contributed by atoms with Crippen LogP contribution in [0.3, 0.4) is 0 Å². The highest BCUT2D eigenvalue weighted by molar-refractivity contribution is 6.00. The Bertz CT molecular complexity index is 1030. The van der Waals surface area contributed by atoms with Crippen LogP contribution in [0.15, 0.2) is 72.3 Å². The summed E-state index contributed by atoms with van der Waals surface area (Å²) < 4.78 is 78.0. The number of nitrogens with one attached hydrogen (secondary N) is 1. The normalized spacial score (nSPS) is 13.5. The van der Waals surface area contributed by atoms with Crippen molar-refractivity contribution < 1.29 is 36.2 Å². The van der Waals surface area contributed by atoms with Crippen LogP contribution in [0.1, 0.15) is 30.5 Å². The number of aromatic hydroxyl groups is 1. The molecule has 0 saturated carbocycles. The maximum absolute atomic E-state index is 13.0. The predicted molar refractivity (Wildman–Crippen MR) is 110 cm³/mol. The van der Waals surface area contributed by atoms with Gasteiger partial charge < -0.3 is 10.4 Å². The average molecular weight is 455 g/mol. The number of alkyl halides is 6. The second-order valence-corrected chi connectivity index (χ2v) is 6.93. The number of amides is 1. The summed E-state index contributed by atoms with van der Waals surface area (Å²) in [6.07, 6.45) is -4.32. The van der Waals surface area contributed by atoms with Gasteiger partial charge in [-0.1, -0.05) is 18.2 Å². The van der Waals surface area contributed by atoms with Gasteiger partial charge in [-0.2, -0.15) is 26.3 Å². The van der Waals surface area contributed by atoms with Gasteiger partial charge in [-0.25, -0.2) is 0 Å². The van der Waals surface area contributed by atoms with Gasteiger partial charge in [0.1, 0.15) is 5.75 Å². The molecule has 0 aliphatic heterocycles. The molecule has 0 bridgehead atoms. The second-order valence-electron chi connectivity index (χ2n) is 6.93. The number of phenolic OH excluding ortho intramolecular Hbond substituents is 1. The quantitative estimate of drug-likeness (QED) is 0.221. The summed E-state index contributed by atoms with van der Waals surface area (Å²) >= 11 is 0. The number of rotatable bonds is 5. The smallest absolute Gasteiger partial charge is 0.416 e. The summed E-state index contributed by atoms with van der Waals surface area (Å²) in [5.74, 6) is -0.408. The second kappa shape index (κ2) is 9.76. The standard InChI is InChI=1S/C23H19F6NO2/c1-14(10-21(32)30-19-6-8-20(31)9-7-19)4-3-5-15(2)16-11-17(22(24,25)26)13-18(12-16)23(27,28)29/h3-13,31H,1-2H3,(H,30,32)/b4-3+,14-10+,15-5+. The number of hydrogen-bond acceptors (Lipinski definition) is 2. The molecule has 0 unspecified atom stereocenters. The van der Waals surface area contributed by atoms with Crippen molar-refractivity contribution in [2.24, 2.45) is 0 Å². The number of carbonyl (C=O) groups excluding carboxylic acids is 1. The largest absolute Gasteiger partial charge is 0.508 e. The number of hydrogen-bond donors (Lipinski definition) is 2. The van der Waals surface area contributed by atoms with E-state index in [-0.39, 0.29) is 23.0 Å². The molecule has 0 atom stereocenters. The van der Waals surface area contributed by atoms with Crippen LogP contribution in [0.2, 0.25) is 0 Å². The van der Waals surface area contributed by atoms with Gasteiger partial charge in [0.25, 0.3) is 0 Å². The summed E-state index contributed by atoms with van der Waals surface area (Å²) in [6, 6.07) is 7.19. The zero-order chi connectivity index (χ0) is 24.1. The number of allylic oxidation sites excluding steroid dienone is 5. The Morgan fingerprint density at radius 3 is 1.94 bits per heavy atom. The topological polar surface area (TPSA) is 49.3 Å². The monoisotopic (exact) mass is 455 g/mol. The Kier molecular flexibility index (Phi) is 7.56. The van der Waals surface area contributed by atoms with Crippen molar-refractivity contribution in [1.29, 1.82) is 0 Å². The number of halogens is 6. The van der Waals surface area contributed by atoms with E-state index in [1.54, 1.807) is 6.92 Å². The minimum atomic E-state index is -4.92. The lowest BCUT2D eigenvalue weighted by Crippen LogP contribution is -2.11. The molecule has 2 aromatic carbocycles. The molecule has 2 N–H and O–H groups in total. The van der Waals surface area contributed by atoms with E-state index in [4.69, 9.17) is 0 Å². The summed E-state index contributed by atoms with van der Waals surface area (Å²) in [5.41, 5.74) is -1.86. The van der Waals surface area contributed by atoms with Gasteiger partial charge in [0, 0.05) is 11.8 Å². The lowest BCUT2D eigenvalue weighted by Gasteiger charge is -2.14. The first-order valence-corrected chi connectivity index (χ1v) is 9.19. The van der Waals surface area contributed by atoms with Gasteiger partial charge in [-0.05, 0) is 73.0 Å². The highest BCUT2D eigenvalue weighted by Crippen LogP contribution is 2.37. The first-order chi connectivity index (χ1) is 14.8. The van der Waals surface area contributed by atoms with Crippen molar-refractivity contribution >= 4 is 17.2 Å². The van der Waals surface area contributed by atoms with Crippen molar-refractivity contribution in [3.63, 3.8) is 0 Å². The third-order valence-corrected chi connectivity index (χ3v) is 4.24. The van der Waals surface area contributed by atoms with Crippen molar-refractivity contribution in [2.45, 2.75) is 26.2 Å². The summed E-state index contributed by atoms with van der Waals surface area (Å²) in [6.45, 7) is 2.98. The molecule has 32 heavy (non-hydrogen) atoms. The van der Waals surface area contributed by atoms with Crippen LogP contribution in [0, 0.1) is 0 Å². The molecule has 0 heterocycles. The third-order valence-electron chi connectivity index (χ3n) is 4.24. The van der Waals surface area contributed by atoms with E-state index in [1.807, 2.05) is 0 Å². The van der Waals surface area contributed by atoms with Crippen LogP contribution in [-0.2, 0) is 17.1 Å². The fourth-order valence-corrected chi connectivity index (χ4v) is 2.60. The van der Waals surface area contributed by atoms with E-state index in [1.165, 1.54) is 55.5 Å². The molecular weight excluding hydrogens is 436 g/mol. The molecule has 9 heteroatoms. The zero-order valence-electron chi connectivity index (χ0n) is 17.0. The maximum Gasteiger partial charge on any atom is 0.416 e. The van der Waals surface area contributed by atoms with Crippen molar-refractivity contribution in [3.05, 3.63) is 89.0 Å². The first kappa shape index (κ1) is 24.8. The minimum absolute atomic E-state index is 0.0444. The van der Waals surface area contributed by atoms with E-state index in [0.29, 0.717) is 23.4 Å². The molecule has 0 radical (unpaired) electrons. The Hall–Kier alpha value is -3.49. The van der Waals surface area contributed by atoms with Gasteiger partial charge in [0.05, 0.1) is 11.1 Å².